The van der Waals surface area contributed by atoms with Crippen LogP contribution in [0.3, 0.4) is 0 Å². The third kappa shape index (κ3) is 2.81. The molecule has 0 aliphatic carbocycles. The first-order chi connectivity index (χ1) is 6.92. The molecule has 0 unspecified atom stereocenters. The summed E-state index contributed by atoms with van der Waals surface area (Å²) < 4.78 is 0. The average molecular weight is 214 g/mol. The maximum atomic E-state index is 11.2. The van der Waals surface area contributed by atoms with Crippen molar-refractivity contribution >= 4 is 11.9 Å². The lowest BCUT2D eigenvalue weighted by atomic mass is 9.73. The Morgan fingerprint density at radius 2 is 1.53 bits per heavy atom. The lowest BCUT2D eigenvalue weighted by Crippen LogP contribution is -2.35. The molecule has 15 heavy (non-hydrogen) atoms. The van der Waals surface area contributed by atoms with Crippen LogP contribution in [-0.2, 0) is 9.59 Å². The van der Waals surface area contributed by atoms with Gasteiger partial charge in [0.15, 0.2) is 0 Å². The summed E-state index contributed by atoms with van der Waals surface area (Å²) in [6, 6.07) is 0. The normalized spacial score (nSPS) is 11.1. The summed E-state index contributed by atoms with van der Waals surface area (Å²) in [4.78, 5) is 22.1. The first kappa shape index (κ1) is 13.7. The topological polar surface area (TPSA) is 74.6 Å². The van der Waals surface area contributed by atoms with Gasteiger partial charge in [0.25, 0.3) is 0 Å². The molecule has 2 N–H and O–H groups in total. The Kier molecular flexibility index (Phi) is 5.05. The molecule has 0 fully saturated rings. The molecule has 0 radical (unpaired) electrons. The quantitative estimate of drug-likeness (QED) is 0.637. The van der Waals surface area contributed by atoms with Crippen LogP contribution in [0.15, 0.2) is 12.2 Å². The zero-order chi connectivity index (χ0) is 12.1. The summed E-state index contributed by atoms with van der Waals surface area (Å²) >= 11 is 0. The Hall–Kier alpha value is -1.32. The highest BCUT2D eigenvalue weighted by atomic mass is 16.4. The summed E-state index contributed by atoms with van der Waals surface area (Å²) in [5, 5.41) is 18.0. The molecule has 0 amide bonds. The van der Waals surface area contributed by atoms with Crippen molar-refractivity contribution < 1.29 is 19.8 Å². The fourth-order valence-electron chi connectivity index (χ4n) is 1.83. The molecule has 0 atom stereocenters. The van der Waals surface area contributed by atoms with Gasteiger partial charge in [-0.3, -0.25) is 4.79 Å². The highest BCUT2D eigenvalue weighted by Gasteiger charge is 2.42. The summed E-state index contributed by atoms with van der Waals surface area (Å²) in [7, 11) is 0. The van der Waals surface area contributed by atoms with Crippen molar-refractivity contribution in [2.45, 2.75) is 39.5 Å². The van der Waals surface area contributed by atoms with Gasteiger partial charge in [0.1, 0.15) is 0 Å². The zero-order valence-corrected chi connectivity index (χ0v) is 9.25. The van der Waals surface area contributed by atoms with Crippen LogP contribution >= 0.6 is 0 Å². The van der Waals surface area contributed by atoms with E-state index >= 15 is 0 Å². The van der Waals surface area contributed by atoms with E-state index in [1.54, 1.807) is 0 Å². The van der Waals surface area contributed by atoms with Gasteiger partial charge in [-0.2, -0.15) is 0 Å². The van der Waals surface area contributed by atoms with E-state index in [-0.39, 0.29) is 5.57 Å². The van der Waals surface area contributed by atoms with Gasteiger partial charge in [-0.25, -0.2) is 4.79 Å². The SMILES string of the molecule is C=C(C(=O)O)C(CCC)(CCC)C(=O)O. The maximum Gasteiger partial charge on any atom is 0.332 e. The molecule has 4 nitrogen and oxygen atoms in total. The van der Waals surface area contributed by atoms with E-state index in [1.165, 1.54) is 0 Å². The molecular formula is C11H18O4. The van der Waals surface area contributed by atoms with Gasteiger partial charge in [0.05, 0.1) is 5.41 Å². The fraction of sp³-hybridized carbons (Fsp3) is 0.636. The molecule has 0 heterocycles. The van der Waals surface area contributed by atoms with Crippen molar-refractivity contribution in [2.24, 2.45) is 5.41 Å². The molecule has 0 bridgehead atoms. The van der Waals surface area contributed by atoms with E-state index in [1.807, 2.05) is 13.8 Å². The second-order valence-corrected chi connectivity index (χ2v) is 3.67. The maximum absolute atomic E-state index is 11.2. The van der Waals surface area contributed by atoms with Crippen LogP contribution in [0, 0.1) is 5.41 Å². The number of aliphatic carboxylic acids is 2. The van der Waals surface area contributed by atoms with E-state index in [0.29, 0.717) is 25.7 Å². The minimum atomic E-state index is -1.30. The van der Waals surface area contributed by atoms with Crippen LogP contribution in [0.2, 0.25) is 0 Å². The van der Waals surface area contributed by atoms with Crippen molar-refractivity contribution in [1.29, 1.82) is 0 Å². The number of carboxylic acids is 2. The molecule has 0 rings (SSSR count). The van der Waals surface area contributed by atoms with Gasteiger partial charge in [-0.15, -0.1) is 0 Å². The minimum absolute atomic E-state index is 0.210. The van der Waals surface area contributed by atoms with Crippen molar-refractivity contribution in [3.05, 3.63) is 12.2 Å². The molecule has 0 aromatic heterocycles. The third-order valence-electron chi connectivity index (χ3n) is 2.60. The molecule has 86 valence electrons. The smallest absolute Gasteiger partial charge is 0.332 e. The van der Waals surface area contributed by atoms with Crippen molar-refractivity contribution in [2.75, 3.05) is 0 Å². The Morgan fingerprint density at radius 3 is 1.73 bits per heavy atom. The summed E-state index contributed by atoms with van der Waals surface area (Å²) in [5.74, 6) is -2.31. The fourth-order valence-corrected chi connectivity index (χ4v) is 1.83. The lowest BCUT2D eigenvalue weighted by Gasteiger charge is -2.28. The van der Waals surface area contributed by atoms with Gasteiger partial charge in [0, 0.05) is 5.57 Å². The Morgan fingerprint density at radius 1 is 1.13 bits per heavy atom. The van der Waals surface area contributed by atoms with Crippen molar-refractivity contribution in [3.8, 4) is 0 Å². The monoisotopic (exact) mass is 214 g/mol. The van der Waals surface area contributed by atoms with Gasteiger partial charge in [-0.1, -0.05) is 33.3 Å². The largest absolute Gasteiger partial charge is 0.481 e. The van der Waals surface area contributed by atoms with Crippen LogP contribution in [0.25, 0.3) is 0 Å². The molecular weight excluding hydrogens is 196 g/mol. The van der Waals surface area contributed by atoms with Gasteiger partial charge in [0.2, 0.25) is 0 Å². The minimum Gasteiger partial charge on any atom is -0.481 e. The third-order valence-corrected chi connectivity index (χ3v) is 2.60. The molecule has 0 saturated heterocycles. The Balaban J connectivity index is 5.19. The number of hydrogen-bond donors (Lipinski definition) is 2. The number of hydrogen-bond acceptors (Lipinski definition) is 2. The Labute approximate surface area is 89.6 Å². The van der Waals surface area contributed by atoms with Crippen molar-refractivity contribution in [3.63, 3.8) is 0 Å². The standard InChI is InChI=1S/C11H18O4/c1-4-6-11(7-5-2,10(14)15)8(3)9(12)13/h3-7H2,1-2H3,(H,12,13)(H,14,15). The first-order valence-corrected chi connectivity index (χ1v) is 5.08. The molecule has 0 aliphatic rings. The summed E-state index contributed by atoms with van der Waals surface area (Å²) in [5.41, 5.74) is -1.51. The van der Waals surface area contributed by atoms with Crippen LogP contribution in [0.1, 0.15) is 39.5 Å². The molecule has 0 aromatic carbocycles. The van der Waals surface area contributed by atoms with Gasteiger partial charge >= 0.3 is 11.9 Å². The zero-order valence-electron chi connectivity index (χ0n) is 9.25. The van der Waals surface area contributed by atoms with Crippen LogP contribution in [0.5, 0.6) is 0 Å². The first-order valence-electron chi connectivity index (χ1n) is 5.08. The highest BCUT2D eigenvalue weighted by Crippen LogP contribution is 2.37. The van der Waals surface area contributed by atoms with Crippen molar-refractivity contribution in [1.82, 2.24) is 0 Å². The summed E-state index contributed by atoms with van der Waals surface area (Å²) in [6.45, 7) is 7.08. The molecule has 0 aromatic rings. The second-order valence-electron chi connectivity index (χ2n) is 3.67. The van der Waals surface area contributed by atoms with E-state index in [0.717, 1.165) is 0 Å². The molecule has 4 heteroatoms. The number of carbonyl (C=O) groups is 2. The predicted molar refractivity (Wildman–Crippen MR) is 56.7 cm³/mol. The van der Waals surface area contributed by atoms with Crippen LogP contribution in [0.4, 0.5) is 0 Å². The lowest BCUT2D eigenvalue weighted by molar-refractivity contribution is -0.151. The predicted octanol–water partition coefficient (Wildman–Crippen LogP) is 2.30. The average Bonchev–Trinajstić information content (AvgIpc) is 2.15. The van der Waals surface area contributed by atoms with Gasteiger partial charge < -0.3 is 10.2 Å². The molecule has 0 spiro atoms. The van der Waals surface area contributed by atoms with E-state index in [4.69, 9.17) is 5.11 Å². The number of rotatable bonds is 7. The van der Waals surface area contributed by atoms with E-state index in [2.05, 4.69) is 6.58 Å². The van der Waals surface area contributed by atoms with Crippen LogP contribution in [-0.4, -0.2) is 22.2 Å². The second kappa shape index (κ2) is 5.53. The summed E-state index contributed by atoms with van der Waals surface area (Å²) in [6.07, 6.45) is 1.89. The molecule has 0 saturated carbocycles. The van der Waals surface area contributed by atoms with Crippen LogP contribution < -0.4 is 0 Å². The highest BCUT2D eigenvalue weighted by molar-refractivity contribution is 5.95. The van der Waals surface area contributed by atoms with Gasteiger partial charge in [-0.05, 0) is 12.8 Å². The van der Waals surface area contributed by atoms with E-state index in [9.17, 15) is 14.7 Å². The Bertz CT molecular complexity index is 262. The van der Waals surface area contributed by atoms with E-state index < -0.39 is 17.4 Å². The molecule has 0 aliphatic heterocycles. The number of carboxylic acid groups (broad SMARTS) is 2.